The van der Waals surface area contributed by atoms with Gasteiger partial charge in [0.15, 0.2) is 0 Å². The summed E-state index contributed by atoms with van der Waals surface area (Å²) >= 11 is 0. The van der Waals surface area contributed by atoms with Crippen LogP contribution in [0.3, 0.4) is 0 Å². The number of hydrogen-bond acceptors (Lipinski definition) is 3. The van der Waals surface area contributed by atoms with Crippen molar-refractivity contribution in [3.05, 3.63) is 30.1 Å². The van der Waals surface area contributed by atoms with E-state index in [0.29, 0.717) is 19.4 Å². The van der Waals surface area contributed by atoms with Crippen LogP contribution in [0, 0.1) is 11.8 Å². The average Bonchev–Trinajstić information content (AvgIpc) is 2.89. The van der Waals surface area contributed by atoms with Gasteiger partial charge in [-0.1, -0.05) is 6.42 Å². The molecule has 0 aliphatic heterocycles. The molecule has 5 nitrogen and oxygen atoms in total. The van der Waals surface area contributed by atoms with E-state index in [0.717, 1.165) is 18.4 Å². The second-order valence-corrected chi connectivity index (χ2v) is 4.88. The van der Waals surface area contributed by atoms with Gasteiger partial charge in [0, 0.05) is 18.9 Å². The van der Waals surface area contributed by atoms with E-state index in [1.54, 1.807) is 12.4 Å². The molecule has 2 rings (SSSR count). The van der Waals surface area contributed by atoms with Crippen molar-refractivity contribution >= 4 is 11.9 Å². The van der Waals surface area contributed by atoms with Crippen LogP contribution >= 0.6 is 0 Å². The number of amides is 1. The van der Waals surface area contributed by atoms with E-state index >= 15 is 0 Å². The predicted octanol–water partition coefficient (Wildman–Crippen LogP) is 1.24. The molecule has 0 radical (unpaired) electrons. The standard InChI is InChI=1S/C14H18N2O3/c17-13(11-2-1-3-12(11)14(18)19)16-9-6-10-4-7-15-8-5-10/h4-5,7-8,11-12H,1-3,6,9H2,(H,16,17)(H,18,19). The highest BCUT2D eigenvalue weighted by Gasteiger charge is 2.37. The largest absolute Gasteiger partial charge is 0.481 e. The molecule has 0 bridgehead atoms. The minimum atomic E-state index is -0.855. The molecule has 1 amide bonds. The van der Waals surface area contributed by atoms with Gasteiger partial charge in [-0.2, -0.15) is 0 Å². The highest BCUT2D eigenvalue weighted by Crippen LogP contribution is 2.31. The zero-order valence-electron chi connectivity index (χ0n) is 10.7. The van der Waals surface area contributed by atoms with E-state index in [2.05, 4.69) is 10.3 Å². The summed E-state index contributed by atoms with van der Waals surface area (Å²) in [5, 5.41) is 11.9. The van der Waals surface area contributed by atoms with Crippen LogP contribution in [0.5, 0.6) is 0 Å². The monoisotopic (exact) mass is 262 g/mol. The van der Waals surface area contributed by atoms with Gasteiger partial charge >= 0.3 is 5.97 Å². The molecular formula is C14H18N2O3. The van der Waals surface area contributed by atoms with Crippen molar-refractivity contribution in [2.45, 2.75) is 25.7 Å². The second kappa shape index (κ2) is 6.31. The molecule has 1 heterocycles. The van der Waals surface area contributed by atoms with Crippen molar-refractivity contribution in [3.63, 3.8) is 0 Å². The number of carbonyl (C=O) groups excluding carboxylic acids is 1. The summed E-state index contributed by atoms with van der Waals surface area (Å²) < 4.78 is 0. The van der Waals surface area contributed by atoms with Crippen molar-refractivity contribution in [1.82, 2.24) is 10.3 Å². The van der Waals surface area contributed by atoms with E-state index < -0.39 is 11.9 Å². The molecule has 1 fully saturated rings. The van der Waals surface area contributed by atoms with Gasteiger partial charge in [0.25, 0.3) is 0 Å². The van der Waals surface area contributed by atoms with E-state index in [4.69, 9.17) is 5.11 Å². The molecule has 102 valence electrons. The smallest absolute Gasteiger partial charge is 0.307 e. The number of aromatic nitrogens is 1. The Hall–Kier alpha value is -1.91. The Morgan fingerprint density at radius 3 is 2.63 bits per heavy atom. The van der Waals surface area contributed by atoms with Crippen LogP contribution in [-0.4, -0.2) is 28.5 Å². The molecule has 0 saturated heterocycles. The van der Waals surface area contributed by atoms with Gasteiger partial charge in [0.05, 0.1) is 11.8 Å². The lowest BCUT2D eigenvalue weighted by Crippen LogP contribution is -2.36. The highest BCUT2D eigenvalue weighted by molar-refractivity contribution is 5.85. The van der Waals surface area contributed by atoms with Gasteiger partial charge in [-0.25, -0.2) is 0 Å². The van der Waals surface area contributed by atoms with Crippen molar-refractivity contribution in [3.8, 4) is 0 Å². The molecule has 1 aromatic rings. The van der Waals surface area contributed by atoms with Crippen molar-refractivity contribution in [1.29, 1.82) is 0 Å². The number of rotatable bonds is 5. The number of pyridine rings is 1. The maximum atomic E-state index is 12.0. The molecule has 2 atom stereocenters. The van der Waals surface area contributed by atoms with Crippen LogP contribution in [0.15, 0.2) is 24.5 Å². The maximum absolute atomic E-state index is 12.0. The molecule has 1 aliphatic carbocycles. The summed E-state index contributed by atoms with van der Waals surface area (Å²) in [7, 11) is 0. The Balaban J connectivity index is 1.80. The molecule has 1 aliphatic rings. The number of nitrogens with one attached hydrogen (secondary N) is 1. The summed E-state index contributed by atoms with van der Waals surface area (Å²) in [5.41, 5.74) is 1.11. The molecule has 5 heteroatoms. The van der Waals surface area contributed by atoms with E-state index in [1.165, 1.54) is 0 Å². The molecule has 0 aromatic carbocycles. The Labute approximate surface area is 112 Å². The van der Waals surface area contributed by atoms with Crippen molar-refractivity contribution < 1.29 is 14.7 Å². The first-order valence-corrected chi connectivity index (χ1v) is 6.58. The molecular weight excluding hydrogens is 244 g/mol. The van der Waals surface area contributed by atoms with Gasteiger partial charge in [-0.3, -0.25) is 14.6 Å². The Bertz CT molecular complexity index is 447. The third kappa shape index (κ3) is 3.53. The highest BCUT2D eigenvalue weighted by atomic mass is 16.4. The minimum Gasteiger partial charge on any atom is -0.481 e. The fourth-order valence-electron chi connectivity index (χ4n) is 2.58. The third-order valence-electron chi connectivity index (χ3n) is 3.63. The normalized spacial score (nSPS) is 22.1. The molecule has 19 heavy (non-hydrogen) atoms. The molecule has 1 saturated carbocycles. The number of carboxylic acid groups (broad SMARTS) is 1. The summed E-state index contributed by atoms with van der Waals surface area (Å²) in [4.78, 5) is 26.9. The van der Waals surface area contributed by atoms with Gasteiger partial charge in [0.2, 0.25) is 5.91 Å². The van der Waals surface area contributed by atoms with Gasteiger partial charge < -0.3 is 10.4 Å². The van der Waals surface area contributed by atoms with Gasteiger partial charge in [0.1, 0.15) is 0 Å². The van der Waals surface area contributed by atoms with Crippen LogP contribution in [0.1, 0.15) is 24.8 Å². The Morgan fingerprint density at radius 1 is 1.26 bits per heavy atom. The van der Waals surface area contributed by atoms with Crippen LogP contribution < -0.4 is 5.32 Å². The van der Waals surface area contributed by atoms with E-state index in [1.807, 2.05) is 12.1 Å². The Morgan fingerprint density at radius 2 is 1.95 bits per heavy atom. The molecule has 2 unspecified atom stereocenters. The van der Waals surface area contributed by atoms with E-state index in [9.17, 15) is 9.59 Å². The molecule has 0 spiro atoms. The van der Waals surface area contributed by atoms with E-state index in [-0.39, 0.29) is 11.8 Å². The lowest BCUT2D eigenvalue weighted by Gasteiger charge is -2.15. The maximum Gasteiger partial charge on any atom is 0.307 e. The number of carbonyl (C=O) groups is 2. The van der Waals surface area contributed by atoms with Crippen molar-refractivity contribution in [2.24, 2.45) is 11.8 Å². The Kier molecular flexibility index (Phi) is 4.49. The number of aliphatic carboxylic acids is 1. The van der Waals surface area contributed by atoms with Crippen molar-refractivity contribution in [2.75, 3.05) is 6.54 Å². The first-order valence-electron chi connectivity index (χ1n) is 6.58. The summed E-state index contributed by atoms with van der Waals surface area (Å²) in [6, 6.07) is 3.81. The zero-order chi connectivity index (χ0) is 13.7. The van der Waals surface area contributed by atoms with Crippen LogP contribution in [0.25, 0.3) is 0 Å². The minimum absolute atomic E-state index is 0.126. The van der Waals surface area contributed by atoms with Gasteiger partial charge in [-0.15, -0.1) is 0 Å². The quantitative estimate of drug-likeness (QED) is 0.836. The SMILES string of the molecule is O=C(O)C1CCCC1C(=O)NCCc1ccncc1. The molecule has 2 N–H and O–H groups in total. The number of hydrogen-bond donors (Lipinski definition) is 2. The lowest BCUT2D eigenvalue weighted by atomic mass is 9.95. The second-order valence-electron chi connectivity index (χ2n) is 4.88. The third-order valence-corrected chi connectivity index (χ3v) is 3.63. The van der Waals surface area contributed by atoms with Gasteiger partial charge in [-0.05, 0) is 37.0 Å². The predicted molar refractivity (Wildman–Crippen MR) is 69.4 cm³/mol. The number of nitrogens with zero attached hydrogens (tertiary/aromatic N) is 1. The topological polar surface area (TPSA) is 79.3 Å². The first-order chi connectivity index (χ1) is 9.18. The number of carboxylic acids is 1. The fraction of sp³-hybridized carbons (Fsp3) is 0.500. The van der Waals surface area contributed by atoms with Crippen LogP contribution in [-0.2, 0) is 16.0 Å². The molecule has 1 aromatic heterocycles. The average molecular weight is 262 g/mol. The summed E-state index contributed by atoms with van der Waals surface area (Å²) in [5.74, 6) is -1.86. The lowest BCUT2D eigenvalue weighted by molar-refractivity contribution is -0.146. The van der Waals surface area contributed by atoms with Crippen LogP contribution in [0.2, 0.25) is 0 Å². The summed E-state index contributed by atoms with van der Waals surface area (Å²) in [6.07, 6.45) is 6.27. The summed E-state index contributed by atoms with van der Waals surface area (Å²) in [6.45, 7) is 0.533. The first kappa shape index (κ1) is 13.5. The van der Waals surface area contributed by atoms with Crippen LogP contribution in [0.4, 0.5) is 0 Å². The zero-order valence-corrected chi connectivity index (χ0v) is 10.7. The fourth-order valence-corrected chi connectivity index (χ4v) is 2.58.